The van der Waals surface area contributed by atoms with Gasteiger partial charge in [-0.05, 0) is 31.5 Å². The van der Waals surface area contributed by atoms with Crippen LogP contribution in [-0.4, -0.2) is 29.8 Å². The van der Waals surface area contributed by atoms with Gasteiger partial charge in [-0.15, -0.1) is 0 Å². The van der Waals surface area contributed by atoms with Crippen molar-refractivity contribution in [2.45, 2.75) is 25.6 Å². The average Bonchev–Trinajstić information content (AvgIpc) is 2.33. The molecule has 0 radical (unpaired) electrons. The van der Waals surface area contributed by atoms with E-state index in [9.17, 15) is 18.3 Å². The van der Waals surface area contributed by atoms with Gasteiger partial charge in [-0.1, -0.05) is 12.2 Å². The van der Waals surface area contributed by atoms with Gasteiger partial charge < -0.3 is 15.7 Å². The van der Waals surface area contributed by atoms with E-state index in [1.165, 1.54) is 12.1 Å². The highest BCUT2D eigenvalue weighted by molar-refractivity contribution is 7.80. The van der Waals surface area contributed by atoms with Crippen LogP contribution in [-0.2, 0) is 6.18 Å². The topological polar surface area (TPSA) is 49.5 Å². The first-order valence-electron chi connectivity index (χ1n) is 6.03. The first-order chi connectivity index (χ1) is 9.12. The summed E-state index contributed by atoms with van der Waals surface area (Å²) in [6.45, 7) is 2.08. The summed E-state index contributed by atoms with van der Waals surface area (Å²) in [4.78, 5) is 1.36. The first kappa shape index (κ1) is 16.7. The van der Waals surface area contributed by atoms with E-state index in [0.717, 1.165) is 6.07 Å². The van der Waals surface area contributed by atoms with Gasteiger partial charge in [0.2, 0.25) is 0 Å². The summed E-state index contributed by atoms with van der Waals surface area (Å²) < 4.78 is 39.0. The Kier molecular flexibility index (Phi) is 5.35. The van der Waals surface area contributed by atoms with Crippen LogP contribution in [0.1, 0.15) is 24.5 Å². The van der Waals surface area contributed by atoms with Crippen molar-refractivity contribution in [1.29, 1.82) is 0 Å². The largest absolute Gasteiger partial charge is 0.417 e. The molecule has 7 heteroatoms. The van der Waals surface area contributed by atoms with Crippen molar-refractivity contribution in [3.05, 3.63) is 29.3 Å². The lowest BCUT2D eigenvalue weighted by Crippen LogP contribution is -2.23. The number of aliphatic hydroxyl groups excluding tert-OH is 1. The highest BCUT2D eigenvalue weighted by Gasteiger charge is 2.34. The third-order valence-corrected chi connectivity index (χ3v) is 3.12. The molecule has 0 aromatic heterocycles. The molecule has 0 aliphatic rings. The molecule has 1 aromatic carbocycles. The van der Waals surface area contributed by atoms with E-state index < -0.39 is 17.8 Å². The second-order valence-corrected chi connectivity index (χ2v) is 5.09. The Morgan fingerprint density at radius 1 is 1.45 bits per heavy atom. The monoisotopic (exact) mass is 306 g/mol. The van der Waals surface area contributed by atoms with Crippen LogP contribution in [0.2, 0.25) is 0 Å². The van der Waals surface area contributed by atoms with Crippen LogP contribution in [0, 0.1) is 0 Å². The van der Waals surface area contributed by atoms with Crippen LogP contribution in [0.5, 0.6) is 0 Å². The van der Waals surface area contributed by atoms with Crippen molar-refractivity contribution in [3.8, 4) is 0 Å². The van der Waals surface area contributed by atoms with Gasteiger partial charge in [0.1, 0.15) is 4.99 Å². The molecule has 112 valence electrons. The minimum absolute atomic E-state index is 0.180. The predicted molar refractivity (Wildman–Crippen MR) is 76.9 cm³/mol. The molecular formula is C13H17F3N2OS. The summed E-state index contributed by atoms with van der Waals surface area (Å²) >= 11 is 4.64. The number of hydrogen-bond acceptors (Lipinski definition) is 3. The van der Waals surface area contributed by atoms with Crippen LogP contribution < -0.4 is 10.6 Å². The Balaban J connectivity index is 3.10. The Hall–Kier alpha value is -1.34. The van der Waals surface area contributed by atoms with Crippen LogP contribution in [0.15, 0.2) is 18.2 Å². The molecule has 20 heavy (non-hydrogen) atoms. The van der Waals surface area contributed by atoms with E-state index >= 15 is 0 Å². The summed E-state index contributed by atoms with van der Waals surface area (Å²) in [5.74, 6) is 0. The lowest BCUT2D eigenvalue weighted by molar-refractivity contribution is -0.137. The van der Waals surface area contributed by atoms with Gasteiger partial charge in [0, 0.05) is 24.8 Å². The third-order valence-electron chi connectivity index (χ3n) is 2.90. The lowest BCUT2D eigenvalue weighted by Gasteiger charge is -2.22. The van der Waals surface area contributed by atoms with E-state index in [1.54, 1.807) is 18.9 Å². The molecule has 3 N–H and O–H groups in total. The Morgan fingerprint density at radius 2 is 2.05 bits per heavy atom. The lowest BCUT2D eigenvalue weighted by atomic mass is 10.1. The zero-order valence-electron chi connectivity index (χ0n) is 11.2. The van der Waals surface area contributed by atoms with Gasteiger partial charge in [0.25, 0.3) is 0 Å². The SMILES string of the molecule is CC(O)CCN(C)c1ccc(C(N)=S)c(C(F)(F)F)c1. The smallest absolute Gasteiger partial charge is 0.393 e. The van der Waals surface area contributed by atoms with Crippen molar-refractivity contribution in [3.63, 3.8) is 0 Å². The minimum atomic E-state index is -4.51. The molecular weight excluding hydrogens is 289 g/mol. The number of anilines is 1. The summed E-state index contributed by atoms with van der Waals surface area (Å²) in [6, 6.07) is 3.83. The number of nitrogens with zero attached hydrogens (tertiary/aromatic N) is 1. The molecule has 0 aliphatic carbocycles. The average molecular weight is 306 g/mol. The standard InChI is InChI=1S/C13H17F3N2OS/c1-8(19)5-6-18(2)9-3-4-10(12(17)20)11(7-9)13(14,15)16/h3-4,7-8,19H,5-6H2,1-2H3,(H2,17,20). The number of rotatable bonds is 5. The van der Waals surface area contributed by atoms with Gasteiger partial charge in [-0.25, -0.2) is 0 Å². The maximum Gasteiger partial charge on any atom is 0.417 e. The van der Waals surface area contributed by atoms with Crippen molar-refractivity contribution in [2.24, 2.45) is 5.73 Å². The highest BCUT2D eigenvalue weighted by atomic mass is 32.1. The fourth-order valence-electron chi connectivity index (χ4n) is 1.73. The molecule has 0 spiro atoms. The van der Waals surface area contributed by atoms with Gasteiger partial charge in [-0.2, -0.15) is 13.2 Å². The second-order valence-electron chi connectivity index (χ2n) is 4.65. The van der Waals surface area contributed by atoms with Crippen LogP contribution in [0.3, 0.4) is 0 Å². The van der Waals surface area contributed by atoms with Crippen LogP contribution >= 0.6 is 12.2 Å². The molecule has 1 rings (SSSR count). The van der Waals surface area contributed by atoms with E-state index in [0.29, 0.717) is 18.7 Å². The Bertz CT molecular complexity index is 489. The number of benzene rings is 1. The minimum Gasteiger partial charge on any atom is -0.393 e. The zero-order valence-corrected chi connectivity index (χ0v) is 12.1. The van der Waals surface area contributed by atoms with Crippen LogP contribution in [0.4, 0.5) is 18.9 Å². The maximum absolute atomic E-state index is 13.0. The van der Waals surface area contributed by atoms with Crippen molar-refractivity contribution >= 4 is 22.9 Å². The molecule has 0 saturated heterocycles. The van der Waals surface area contributed by atoms with Crippen molar-refractivity contribution < 1.29 is 18.3 Å². The molecule has 0 aliphatic heterocycles. The number of aliphatic hydroxyl groups is 1. The summed E-state index contributed by atoms with van der Waals surface area (Å²) in [7, 11) is 1.66. The molecule has 0 amide bonds. The summed E-state index contributed by atoms with van der Waals surface area (Å²) in [5, 5.41) is 9.21. The molecule has 1 atom stereocenters. The van der Waals surface area contributed by atoms with Gasteiger partial charge >= 0.3 is 6.18 Å². The quantitative estimate of drug-likeness (QED) is 0.821. The van der Waals surface area contributed by atoms with Gasteiger partial charge in [0.05, 0.1) is 11.7 Å². The number of halogens is 3. The molecule has 1 unspecified atom stereocenters. The predicted octanol–water partition coefficient (Wildman–Crippen LogP) is 2.55. The number of nitrogens with two attached hydrogens (primary N) is 1. The Morgan fingerprint density at radius 3 is 2.50 bits per heavy atom. The van der Waals surface area contributed by atoms with E-state index in [-0.39, 0.29) is 10.6 Å². The molecule has 3 nitrogen and oxygen atoms in total. The molecule has 0 bridgehead atoms. The number of thiocarbonyl (C=S) groups is 1. The molecule has 0 fully saturated rings. The third kappa shape index (κ3) is 4.35. The second kappa shape index (κ2) is 6.41. The van der Waals surface area contributed by atoms with Crippen molar-refractivity contribution in [2.75, 3.05) is 18.5 Å². The fourth-order valence-corrected chi connectivity index (χ4v) is 1.91. The number of hydrogen-bond donors (Lipinski definition) is 2. The fraction of sp³-hybridized carbons (Fsp3) is 0.462. The highest BCUT2D eigenvalue weighted by Crippen LogP contribution is 2.34. The number of alkyl halides is 3. The first-order valence-corrected chi connectivity index (χ1v) is 6.44. The molecule has 0 saturated carbocycles. The maximum atomic E-state index is 13.0. The van der Waals surface area contributed by atoms with Crippen molar-refractivity contribution in [1.82, 2.24) is 0 Å². The molecule has 0 heterocycles. The Labute approximate surface area is 121 Å². The van der Waals surface area contributed by atoms with Crippen LogP contribution in [0.25, 0.3) is 0 Å². The summed E-state index contributed by atoms with van der Waals surface area (Å²) in [6.07, 6.45) is -4.55. The van der Waals surface area contributed by atoms with E-state index in [1.807, 2.05) is 0 Å². The summed E-state index contributed by atoms with van der Waals surface area (Å²) in [5.41, 5.74) is 4.70. The normalized spacial score (nSPS) is 13.1. The van der Waals surface area contributed by atoms with Gasteiger partial charge in [0.15, 0.2) is 0 Å². The zero-order chi connectivity index (χ0) is 15.5. The molecule has 1 aromatic rings. The van der Waals surface area contributed by atoms with E-state index in [2.05, 4.69) is 12.2 Å². The van der Waals surface area contributed by atoms with E-state index in [4.69, 9.17) is 5.73 Å². The van der Waals surface area contributed by atoms with Gasteiger partial charge in [-0.3, -0.25) is 0 Å².